The van der Waals surface area contributed by atoms with E-state index in [0.717, 1.165) is 6.29 Å². The summed E-state index contributed by atoms with van der Waals surface area (Å²) in [6.07, 6.45) is 2.16. The molecule has 23 heavy (non-hydrogen) atoms. The van der Waals surface area contributed by atoms with Crippen LogP contribution in [0.1, 0.15) is 32.9 Å². The summed E-state index contributed by atoms with van der Waals surface area (Å²) in [6, 6.07) is 3.27. The predicted octanol–water partition coefficient (Wildman–Crippen LogP) is 2.32. The number of hydrogen-bond acceptors (Lipinski definition) is 5. The number of alkyl carbamates (subject to hydrolysis) is 1. The number of nitrogens with one attached hydrogen (secondary N) is 1. The molecule has 0 spiro atoms. The van der Waals surface area contributed by atoms with Crippen molar-refractivity contribution in [3.63, 3.8) is 0 Å². The predicted molar refractivity (Wildman–Crippen MR) is 83.2 cm³/mol. The van der Waals surface area contributed by atoms with Crippen LogP contribution in [0.2, 0.25) is 5.15 Å². The Morgan fingerprint density at radius 1 is 1.57 bits per heavy atom. The Morgan fingerprint density at radius 2 is 2.30 bits per heavy atom. The van der Waals surface area contributed by atoms with Crippen LogP contribution in [0.15, 0.2) is 18.3 Å². The van der Waals surface area contributed by atoms with Crippen molar-refractivity contribution in [1.29, 1.82) is 0 Å². The van der Waals surface area contributed by atoms with E-state index in [0.29, 0.717) is 17.8 Å². The van der Waals surface area contributed by atoms with Gasteiger partial charge < -0.3 is 14.8 Å². The van der Waals surface area contributed by atoms with Crippen LogP contribution >= 0.6 is 11.6 Å². The van der Waals surface area contributed by atoms with Gasteiger partial charge in [-0.05, 0) is 20.8 Å². The number of aromatic nitrogens is 3. The molecule has 0 aromatic carbocycles. The van der Waals surface area contributed by atoms with Crippen LogP contribution in [0.5, 0.6) is 0 Å². The second kappa shape index (κ2) is 5.19. The quantitative estimate of drug-likeness (QED) is 0.686. The minimum atomic E-state index is -1.06. The lowest BCUT2D eigenvalue weighted by Crippen LogP contribution is -2.43. The van der Waals surface area contributed by atoms with Crippen LogP contribution in [0.3, 0.4) is 0 Å². The summed E-state index contributed by atoms with van der Waals surface area (Å²) in [4.78, 5) is 27.6. The summed E-state index contributed by atoms with van der Waals surface area (Å²) < 4.78 is 7.16. The van der Waals surface area contributed by atoms with E-state index in [2.05, 4.69) is 15.4 Å². The summed E-state index contributed by atoms with van der Waals surface area (Å²) in [5.41, 5.74) is -0.434. The molecule has 1 saturated carbocycles. The van der Waals surface area contributed by atoms with E-state index in [1.165, 1.54) is 0 Å². The highest BCUT2D eigenvalue weighted by Crippen LogP contribution is 2.54. The normalized spacial score (nSPS) is 23.6. The number of amides is 1. The van der Waals surface area contributed by atoms with E-state index in [1.807, 2.05) is 20.8 Å². The number of rotatable bonds is 3. The zero-order valence-electron chi connectivity index (χ0n) is 13.0. The standard InChI is InChI=1S/C15H17ClN4O3/c1-14(2,3)19-13(22)23-15(7-9(15)8-21)10-6-11(16)18-12-4-5-17-20(10)12/h4-6,8-9H,7H2,1-3H3,(H,19,22). The molecule has 2 unspecified atom stereocenters. The Bertz CT molecular complexity index is 783. The molecule has 1 amide bonds. The Kier molecular flexibility index (Phi) is 3.55. The van der Waals surface area contributed by atoms with Gasteiger partial charge in [-0.2, -0.15) is 5.10 Å². The van der Waals surface area contributed by atoms with Gasteiger partial charge in [0.15, 0.2) is 11.2 Å². The lowest BCUT2D eigenvalue weighted by atomic mass is 10.1. The van der Waals surface area contributed by atoms with Crippen molar-refractivity contribution in [2.45, 2.75) is 38.3 Å². The zero-order chi connectivity index (χ0) is 16.8. The van der Waals surface area contributed by atoms with Crippen molar-refractivity contribution in [2.75, 3.05) is 0 Å². The minimum Gasteiger partial charge on any atom is -0.436 e. The highest BCUT2D eigenvalue weighted by atomic mass is 35.5. The third-order valence-corrected chi connectivity index (χ3v) is 3.83. The molecule has 122 valence electrons. The summed E-state index contributed by atoms with van der Waals surface area (Å²) in [6.45, 7) is 5.54. The van der Waals surface area contributed by atoms with E-state index in [4.69, 9.17) is 16.3 Å². The molecule has 0 radical (unpaired) electrons. The van der Waals surface area contributed by atoms with Crippen molar-refractivity contribution in [3.05, 3.63) is 29.2 Å². The molecule has 2 atom stereocenters. The highest BCUT2D eigenvalue weighted by Gasteiger charge is 2.61. The van der Waals surface area contributed by atoms with Crippen molar-refractivity contribution in [1.82, 2.24) is 19.9 Å². The van der Waals surface area contributed by atoms with Crippen LogP contribution in [-0.4, -0.2) is 32.5 Å². The van der Waals surface area contributed by atoms with Crippen LogP contribution in [0.25, 0.3) is 5.65 Å². The molecular formula is C15H17ClN4O3. The average Bonchev–Trinajstić information content (AvgIpc) is 2.92. The largest absolute Gasteiger partial charge is 0.436 e. The van der Waals surface area contributed by atoms with Gasteiger partial charge in [0.2, 0.25) is 0 Å². The van der Waals surface area contributed by atoms with E-state index < -0.39 is 23.2 Å². The maximum absolute atomic E-state index is 12.2. The molecule has 8 heteroatoms. The van der Waals surface area contributed by atoms with E-state index in [9.17, 15) is 9.59 Å². The topological polar surface area (TPSA) is 85.6 Å². The number of carbonyl (C=O) groups is 2. The molecule has 3 rings (SSSR count). The third kappa shape index (κ3) is 2.88. The van der Waals surface area contributed by atoms with Gasteiger partial charge in [-0.15, -0.1) is 0 Å². The van der Waals surface area contributed by atoms with Gasteiger partial charge in [-0.3, -0.25) is 0 Å². The maximum Gasteiger partial charge on any atom is 0.408 e. The smallest absolute Gasteiger partial charge is 0.408 e. The summed E-state index contributed by atoms with van der Waals surface area (Å²) in [5.74, 6) is -0.431. The highest BCUT2D eigenvalue weighted by molar-refractivity contribution is 6.29. The first-order valence-electron chi connectivity index (χ1n) is 7.22. The number of halogens is 1. The SMILES string of the molecule is CC(C)(C)NC(=O)OC1(c2cc(Cl)nc3ccnn23)CC1C=O. The summed E-state index contributed by atoms with van der Waals surface area (Å²) in [5, 5.41) is 7.17. The monoisotopic (exact) mass is 336 g/mol. The number of aldehydes is 1. The number of hydrogen-bond donors (Lipinski definition) is 1. The van der Waals surface area contributed by atoms with Crippen molar-refractivity contribution >= 4 is 29.6 Å². The average molecular weight is 337 g/mol. The second-order valence-electron chi connectivity index (χ2n) is 6.67. The molecular weight excluding hydrogens is 320 g/mol. The van der Waals surface area contributed by atoms with Crippen molar-refractivity contribution < 1.29 is 14.3 Å². The Labute approximate surface area is 138 Å². The fraction of sp³-hybridized carbons (Fsp3) is 0.467. The van der Waals surface area contributed by atoms with Gasteiger partial charge in [-0.1, -0.05) is 11.6 Å². The zero-order valence-corrected chi connectivity index (χ0v) is 13.8. The van der Waals surface area contributed by atoms with Crippen LogP contribution in [-0.2, 0) is 15.1 Å². The number of ether oxygens (including phenoxy) is 1. The Hall–Kier alpha value is -2.15. The van der Waals surface area contributed by atoms with Gasteiger partial charge in [0.1, 0.15) is 11.4 Å². The molecule has 1 aliphatic rings. The first-order valence-corrected chi connectivity index (χ1v) is 7.60. The lowest BCUT2D eigenvalue weighted by molar-refractivity contribution is -0.110. The Balaban J connectivity index is 2.00. The van der Waals surface area contributed by atoms with Crippen molar-refractivity contribution in [2.24, 2.45) is 5.92 Å². The van der Waals surface area contributed by atoms with Gasteiger partial charge in [0.05, 0.1) is 17.8 Å². The van der Waals surface area contributed by atoms with Crippen LogP contribution in [0, 0.1) is 5.92 Å². The number of carbonyl (C=O) groups excluding carboxylic acids is 2. The lowest BCUT2D eigenvalue weighted by Gasteiger charge is -2.24. The molecule has 0 bridgehead atoms. The molecule has 0 aliphatic heterocycles. The second-order valence-corrected chi connectivity index (χ2v) is 7.05. The number of nitrogens with zero attached hydrogens (tertiary/aromatic N) is 3. The van der Waals surface area contributed by atoms with Gasteiger partial charge in [0.25, 0.3) is 0 Å². The molecule has 2 aromatic rings. The fourth-order valence-electron chi connectivity index (χ4n) is 2.57. The maximum atomic E-state index is 12.2. The fourth-order valence-corrected chi connectivity index (χ4v) is 2.76. The Morgan fingerprint density at radius 3 is 2.91 bits per heavy atom. The summed E-state index contributed by atoms with van der Waals surface area (Å²) in [7, 11) is 0. The van der Waals surface area contributed by atoms with Crippen molar-refractivity contribution in [3.8, 4) is 0 Å². The molecule has 7 nitrogen and oxygen atoms in total. The van der Waals surface area contributed by atoms with Crippen LogP contribution < -0.4 is 5.32 Å². The molecule has 1 fully saturated rings. The van der Waals surface area contributed by atoms with E-state index in [-0.39, 0.29) is 5.15 Å². The molecule has 0 saturated heterocycles. The third-order valence-electron chi connectivity index (χ3n) is 3.64. The molecule has 2 aromatic heterocycles. The summed E-state index contributed by atoms with van der Waals surface area (Å²) >= 11 is 6.05. The van der Waals surface area contributed by atoms with E-state index >= 15 is 0 Å². The number of fused-ring (bicyclic) bond motifs is 1. The molecule has 2 heterocycles. The van der Waals surface area contributed by atoms with Gasteiger partial charge in [-0.25, -0.2) is 14.3 Å². The van der Waals surface area contributed by atoms with Gasteiger partial charge in [0, 0.05) is 24.1 Å². The first-order chi connectivity index (χ1) is 10.7. The van der Waals surface area contributed by atoms with E-state index in [1.54, 1.807) is 22.8 Å². The first kappa shape index (κ1) is 15.7. The van der Waals surface area contributed by atoms with Crippen LogP contribution in [0.4, 0.5) is 4.79 Å². The molecule has 1 aliphatic carbocycles. The van der Waals surface area contributed by atoms with Gasteiger partial charge >= 0.3 is 6.09 Å². The molecule has 1 N–H and O–H groups in total. The minimum absolute atomic E-state index is 0.253.